The molecule has 3 nitrogen and oxygen atoms in total. The van der Waals surface area contributed by atoms with Crippen molar-refractivity contribution in [3.8, 4) is 0 Å². The minimum absolute atomic E-state index is 0.231. The van der Waals surface area contributed by atoms with E-state index in [2.05, 4.69) is 19.2 Å². The van der Waals surface area contributed by atoms with E-state index in [0.717, 1.165) is 19.6 Å². The van der Waals surface area contributed by atoms with Crippen LogP contribution in [0.3, 0.4) is 0 Å². The molecule has 3 heteroatoms. The lowest BCUT2D eigenvalue weighted by Gasteiger charge is -2.31. The number of nitrogens with one attached hydrogen (secondary N) is 1. The summed E-state index contributed by atoms with van der Waals surface area (Å²) >= 11 is 0. The molecule has 1 rings (SSSR count). The van der Waals surface area contributed by atoms with E-state index in [-0.39, 0.29) is 12.6 Å². The fourth-order valence-corrected chi connectivity index (χ4v) is 1.43. The van der Waals surface area contributed by atoms with Gasteiger partial charge in [-0.3, -0.25) is 0 Å². The quantitative estimate of drug-likeness (QED) is 0.631. The Labute approximate surface area is 74.1 Å². The lowest BCUT2D eigenvalue weighted by molar-refractivity contribution is -0.0142. The van der Waals surface area contributed by atoms with Gasteiger partial charge in [0.25, 0.3) is 0 Å². The van der Waals surface area contributed by atoms with Gasteiger partial charge in [-0.1, -0.05) is 13.8 Å². The summed E-state index contributed by atoms with van der Waals surface area (Å²) in [5.41, 5.74) is 0. The summed E-state index contributed by atoms with van der Waals surface area (Å²) in [6.07, 6.45) is 1.03. The van der Waals surface area contributed by atoms with Gasteiger partial charge >= 0.3 is 0 Å². The van der Waals surface area contributed by atoms with Gasteiger partial charge in [0.2, 0.25) is 0 Å². The smallest absolute Gasteiger partial charge is 0.0643 e. The van der Waals surface area contributed by atoms with E-state index in [1.165, 1.54) is 0 Å². The Morgan fingerprint density at radius 2 is 2.17 bits per heavy atom. The lowest BCUT2D eigenvalue weighted by Crippen LogP contribution is -2.51. The van der Waals surface area contributed by atoms with Crippen LogP contribution in [-0.4, -0.2) is 37.0 Å². The first-order chi connectivity index (χ1) is 5.72. The van der Waals surface area contributed by atoms with Gasteiger partial charge in [0, 0.05) is 6.04 Å². The zero-order valence-corrected chi connectivity index (χ0v) is 7.92. The van der Waals surface area contributed by atoms with Gasteiger partial charge in [-0.2, -0.15) is 0 Å². The standard InChI is InChI=1S/C9H19NO2/c1-7(2)3-8(4-11)10-9-5-12-6-9/h7-11H,3-6H2,1-2H3. The summed E-state index contributed by atoms with van der Waals surface area (Å²) in [5, 5.41) is 12.4. The predicted octanol–water partition coefficient (Wildman–Crippen LogP) is 0.382. The van der Waals surface area contributed by atoms with Crippen LogP contribution in [0, 0.1) is 5.92 Å². The third-order valence-electron chi connectivity index (χ3n) is 2.09. The normalized spacial score (nSPS) is 21.0. The van der Waals surface area contributed by atoms with Crippen molar-refractivity contribution < 1.29 is 9.84 Å². The number of ether oxygens (including phenoxy) is 1. The molecule has 1 aliphatic rings. The Bertz CT molecular complexity index is 124. The summed E-state index contributed by atoms with van der Waals surface area (Å²) in [7, 11) is 0. The molecule has 1 unspecified atom stereocenters. The van der Waals surface area contributed by atoms with Crippen molar-refractivity contribution in [2.24, 2.45) is 5.92 Å². The maximum Gasteiger partial charge on any atom is 0.0643 e. The monoisotopic (exact) mass is 173 g/mol. The molecule has 0 amide bonds. The third-order valence-corrected chi connectivity index (χ3v) is 2.09. The average molecular weight is 173 g/mol. The predicted molar refractivity (Wildman–Crippen MR) is 48.1 cm³/mol. The van der Waals surface area contributed by atoms with Crippen LogP contribution >= 0.6 is 0 Å². The highest BCUT2D eigenvalue weighted by Crippen LogP contribution is 2.07. The second-order valence-electron chi connectivity index (χ2n) is 3.91. The summed E-state index contributed by atoms with van der Waals surface area (Å²) < 4.78 is 5.04. The molecular weight excluding hydrogens is 154 g/mol. The van der Waals surface area contributed by atoms with E-state index in [4.69, 9.17) is 9.84 Å². The van der Waals surface area contributed by atoms with E-state index >= 15 is 0 Å². The number of hydrogen-bond donors (Lipinski definition) is 2. The maximum absolute atomic E-state index is 9.04. The van der Waals surface area contributed by atoms with Crippen LogP contribution in [0.15, 0.2) is 0 Å². The molecule has 0 radical (unpaired) electrons. The topological polar surface area (TPSA) is 41.5 Å². The van der Waals surface area contributed by atoms with Crippen LogP contribution in [0.2, 0.25) is 0 Å². The summed E-state index contributed by atoms with van der Waals surface area (Å²) in [4.78, 5) is 0. The molecular formula is C9H19NO2. The molecule has 1 fully saturated rings. The van der Waals surface area contributed by atoms with Crippen molar-refractivity contribution in [3.05, 3.63) is 0 Å². The van der Waals surface area contributed by atoms with Crippen molar-refractivity contribution >= 4 is 0 Å². The van der Waals surface area contributed by atoms with Gasteiger partial charge in [0.1, 0.15) is 0 Å². The van der Waals surface area contributed by atoms with Crippen molar-refractivity contribution in [1.82, 2.24) is 5.32 Å². The molecule has 1 aliphatic heterocycles. The molecule has 12 heavy (non-hydrogen) atoms. The summed E-state index contributed by atoms with van der Waals surface area (Å²) in [5.74, 6) is 0.635. The molecule has 72 valence electrons. The third kappa shape index (κ3) is 3.09. The van der Waals surface area contributed by atoms with Crippen molar-refractivity contribution in [3.63, 3.8) is 0 Å². The first kappa shape index (κ1) is 9.96. The van der Waals surface area contributed by atoms with Crippen LogP contribution in [0.1, 0.15) is 20.3 Å². The van der Waals surface area contributed by atoms with Gasteiger partial charge < -0.3 is 15.2 Å². The minimum Gasteiger partial charge on any atom is -0.395 e. The Hall–Kier alpha value is -0.120. The molecule has 0 bridgehead atoms. The van der Waals surface area contributed by atoms with Gasteiger partial charge in [-0.25, -0.2) is 0 Å². The molecule has 0 spiro atoms. The number of aliphatic hydroxyl groups is 1. The molecule has 1 heterocycles. The van der Waals surface area contributed by atoms with Gasteiger partial charge in [0.05, 0.1) is 25.9 Å². The molecule has 0 aromatic heterocycles. The zero-order chi connectivity index (χ0) is 8.97. The van der Waals surface area contributed by atoms with Gasteiger partial charge in [-0.05, 0) is 12.3 Å². The van der Waals surface area contributed by atoms with E-state index in [0.29, 0.717) is 12.0 Å². The van der Waals surface area contributed by atoms with Crippen molar-refractivity contribution in [2.75, 3.05) is 19.8 Å². The zero-order valence-electron chi connectivity index (χ0n) is 7.92. The number of aliphatic hydroxyl groups excluding tert-OH is 1. The molecule has 0 saturated carbocycles. The fourth-order valence-electron chi connectivity index (χ4n) is 1.43. The molecule has 1 saturated heterocycles. The van der Waals surface area contributed by atoms with Gasteiger partial charge in [-0.15, -0.1) is 0 Å². The second-order valence-corrected chi connectivity index (χ2v) is 3.91. The lowest BCUT2D eigenvalue weighted by atomic mass is 10.0. The second kappa shape index (κ2) is 4.80. The highest BCUT2D eigenvalue weighted by Gasteiger charge is 2.21. The van der Waals surface area contributed by atoms with E-state index in [1.54, 1.807) is 0 Å². The number of rotatable bonds is 5. The molecule has 0 aliphatic carbocycles. The van der Waals surface area contributed by atoms with E-state index in [1.807, 2.05) is 0 Å². The first-order valence-electron chi connectivity index (χ1n) is 4.67. The fraction of sp³-hybridized carbons (Fsp3) is 1.00. The number of hydrogen-bond acceptors (Lipinski definition) is 3. The molecule has 0 aromatic rings. The largest absolute Gasteiger partial charge is 0.395 e. The SMILES string of the molecule is CC(C)CC(CO)NC1COC1. The Balaban J connectivity index is 2.15. The highest BCUT2D eigenvalue weighted by atomic mass is 16.5. The summed E-state index contributed by atoms with van der Waals surface area (Å²) in [6, 6.07) is 0.722. The van der Waals surface area contributed by atoms with Gasteiger partial charge in [0.15, 0.2) is 0 Å². The van der Waals surface area contributed by atoms with Crippen LogP contribution in [0.25, 0.3) is 0 Å². The van der Waals surface area contributed by atoms with E-state index in [9.17, 15) is 0 Å². The molecule has 0 aromatic carbocycles. The highest BCUT2D eigenvalue weighted by molar-refractivity contribution is 4.78. The van der Waals surface area contributed by atoms with Crippen LogP contribution in [-0.2, 0) is 4.74 Å². The van der Waals surface area contributed by atoms with Crippen LogP contribution < -0.4 is 5.32 Å². The molecule has 2 N–H and O–H groups in total. The van der Waals surface area contributed by atoms with Crippen molar-refractivity contribution in [2.45, 2.75) is 32.4 Å². The van der Waals surface area contributed by atoms with Crippen LogP contribution in [0.5, 0.6) is 0 Å². The summed E-state index contributed by atoms with van der Waals surface area (Å²) in [6.45, 7) is 6.17. The van der Waals surface area contributed by atoms with Crippen molar-refractivity contribution in [1.29, 1.82) is 0 Å². The van der Waals surface area contributed by atoms with Crippen LogP contribution in [0.4, 0.5) is 0 Å². The molecule has 1 atom stereocenters. The Morgan fingerprint density at radius 1 is 1.50 bits per heavy atom. The first-order valence-corrected chi connectivity index (χ1v) is 4.67. The van der Waals surface area contributed by atoms with E-state index < -0.39 is 0 Å². The Kier molecular flexibility index (Phi) is 3.98. The maximum atomic E-state index is 9.04. The minimum atomic E-state index is 0.231. The Morgan fingerprint density at radius 3 is 2.50 bits per heavy atom. The average Bonchev–Trinajstić information content (AvgIpc) is 1.93.